The molecule has 456 valence electrons. The van der Waals surface area contributed by atoms with Gasteiger partial charge in [-0.2, -0.15) is 0 Å². The van der Waals surface area contributed by atoms with Crippen molar-refractivity contribution >= 4 is 17.9 Å². The van der Waals surface area contributed by atoms with Crippen LogP contribution in [0.15, 0.2) is 122 Å². The minimum Gasteiger partial charge on any atom is -0.462 e. The highest BCUT2D eigenvalue weighted by Gasteiger charge is 2.19. The zero-order chi connectivity index (χ0) is 57.8. The molecule has 0 aliphatic heterocycles. The molecule has 0 N–H and O–H groups in total. The van der Waals surface area contributed by atoms with E-state index in [0.29, 0.717) is 25.7 Å². The second-order valence-electron chi connectivity index (χ2n) is 22.0. The van der Waals surface area contributed by atoms with E-state index in [4.69, 9.17) is 14.2 Å². The molecule has 0 amide bonds. The summed E-state index contributed by atoms with van der Waals surface area (Å²) in [4.78, 5) is 38.4. The van der Waals surface area contributed by atoms with Crippen LogP contribution in [0, 0.1) is 0 Å². The Morgan fingerprint density at radius 1 is 0.263 bits per heavy atom. The average molecular weight is 1110 g/mol. The fourth-order valence-corrected chi connectivity index (χ4v) is 9.20. The highest BCUT2D eigenvalue weighted by molar-refractivity contribution is 5.71. The number of hydrogen-bond acceptors (Lipinski definition) is 6. The summed E-state index contributed by atoms with van der Waals surface area (Å²) < 4.78 is 16.9. The Kier molecular flexibility index (Phi) is 63.8. The summed E-state index contributed by atoms with van der Waals surface area (Å²) in [6.07, 6.45) is 93.5. The zero-order valence-electron chi connectivity index (χ0n) is 52.3. The summed E-state index contributed by atoms with van der Waals surface area (Å²) in [6.45, 7) is 6.50. The van der Waals surface area contributed by atoms with Crippen molar-refractivity contribution in [3.63, 3.8) is 0 Å². The van der Waals surface area contributed by atoms with Gasteiger partial charge in [0, 0.05) is 19.3 Å². The lowest BCUT2D eigenvalue weighted by Crippen LogP contribution is -2.30. The molecule has 1 unspecified atom stereocenters. The Morgan fingerprint density at radius 2 is 0.487 bits per heavy atom. The molecule has 0 fully saturated rings. The molecule has 0 heterocycles. The monoisotopic (exact) mass is 1110 g/mol. The molecular formula is C74H124O6. The van der Waals surface area contributed by atoms with Crippen molar-refractivity contribution in [2.75, 3.05) is 13.2 Å². The van der Waals surface area contributed by atoms with Crippen LogP contribution in [0.5, 0.6) is 0 Å². The van der Waals surface area contributed by atoms with Gasteiger partial charge in [0.05, 0.1) is 0 Å². The smallest absolute Gasteiger partial charge is 0.306 e. The van der Waals surface area contributed by atoms with Crippen LogP contribution in [0.2, 0.25) is 0 Å². The summed E-state index contributed by atoms with van der Waals surface area (Å²) in [5.41, 5.74) is 0. The van der Waals surface area contributed by atoms with Gasteiger partial charge in [-0.15, -0.1) is 0 Å². The summed E-state index contributed by atoms with van der Waals surface area (Å²) in [5.74, 6) is -0.939. The van der Waals surface area contributed by atoms with Crippen molar-refractivity contribution in [2.45, 2.75) is 316 Å². The predicted octanol–water partition coefficient (Wildman–Crippen LogP) is 23.2. The van der Waals surface area contributed by atoms with Crippen LogP contribution in [0.1, 0.15) is 310 Å². The summed E-state index contributed by atoms with van der Waals surface area (Å²) in [7, 11) is 0. The highest BCUT2D eigenvalue weighted by Crippen LogP contribution is 2.16. The number of ether oxygens (including phenoxy) is 3. The van der Waals surface area contributed by atoms with Crippen molar-refractivity contribution in [2.24, 2.45) is 0 Å². The Morgan fingerprint density at radius 3 is 0.800 bits per heavy atom. The van der Waals surface area contributed by atoms with E-state index in [9.17, 15) is 14.4 Å². The third-order valence-corrected chi connectivity index (χ3v) is 14.2. The Labute approximate surface area is 494 Å². The van der Waals surface area contributed by atoms with Crippen molar-refractivity contribution in [1.29, 1.82) is 0 Å². The number of carbonyl (C=O) groups is 3. The van der Waals surface area contributed by atoms with Gasteiger partial charge in [-0.05, 0) is 116 Å². The van der Waals surface area contributed by atoms with E-state index in [1.54, 1.807) is 0 Å². The number of hydrogen-bond donors (Lipinski definition) is 0. The third-order valence-electron chi connectivity index (χ3n) is 14.2. The van der Waals surface area contributed by atoms with Crippen molar-refractivity contribution in [3.8, 4) is 0 Å². The first-order chi connectivity index (χ1) is 39.5. The Bertz CT molecular complexity index is 1650. The lowest BCUT2D eigenvalue weighted by atomic mass is 10.0. The maximum atomic E-state index is 12.9. The van der Waals surface area contributed by atoms with Crippen LogP contribution >= 0.6 is 0 Å². The molecule has 0 aromatic heterocycles. The van der Waals surface area contributed by atoms with E-state index in [1.165, 1.54) is 148 Å². The van der Waals surface area contributed by atoms with Gasteiger partial charge in [0.15, 0.2) is 6.10 Å². The lowest BCUT2D eigenvalue weighted by Gasteiger charge is -2.18. The Balaban J connectivity index is 4.46. The molecule has 1 atom stereocenters. The number of carbonyl (C=O) groups excluding carboxylic acids is 3. The molecule has 6 heteroatoms. The number of allylic oxidation sites excluding steroid dienone is 20. The molecule has 0 aliphatic carbocycles. The highest BCUT2D eigenvalue weighted by atomic mass is 16.6. The number of unbranched alkanes of at least 4 members (excludes halogenated alkanes) is 29. The molecule has 0 aliphatic rings. The standard InChI is InChI=1S/C74H124O6/c1-4-7-10-13-16-19-22-25-28-31-33-34-35-36-37-38-39-40-41-44-46-49-52-55-58-61-64-67-73(76)79-70-71(69-78-72(75)66-63-60-57-54-51-48-45-42-30-27-24-21-18-15-12-9-6-3)80-74(77)68-65-62-59-56-53-50-47-43-32-29-26-23-20-17-14-11-8-5-2/h7,10,16,19-20,23,25,28-29,32-34,36-37,39-40,44,46,52,55,71H,4-6,8-9,11-15,17-18,21-22,24,26-27,30-31,35,38,41-43,45,47-51,53-54,56-70H2,1-3H3/b10-7-,19-16-,23-20-,28-25-,32-29-,34-33-,37-36-,40-39-,46-44-,55-52-. The van der Waals surface area contributed by atoms with Gasteiger partial charge in [-0.1, -0.05) is 296 Å². The first-order valence-corrected chi connectivity index (χ1v) is 33.5. The minimum atomic E-state index is -0.804. The van der Waals surface area contributed by atoms with Gasteiger partial charge in [-0.25, -0.2) is 0 Å². The molecule has 0 radical (unpaired) electrons. The number of esters is 3. The lowest BCUT2D eigenvalue weighted by molar-refractivity contribution is -0.167. The maximum absolute atomic E-state index is 12.9. The fourth-order valence-electron chi connectivity index (χ4n) is 9.20. The topological polar surface area (TPSA) is 78.9 Å². The summed E-state index contributed by atoms with van der Waals surface area (Å²) in [6, 6.07) is 0. The molecule has 80 heavy (non-hydrogen) atoms. The summed E-state index contributed by atoms with van der Waals surface area (Å²) in [5, 5.41) is 0. The van der Waals surface area contributed by atoms with Crippen molar-refractivity contribution in [1.82, 2.24) is 0 Å². The third kappa shape index (κ3) is 64.6. The van der Waals surface area contributed by atoms with E-state index in [1.807, 2.05) is 0 Å². The second-order valence-corrected chi connectivity index (χ2v) is 22.0. The molecule has 0 saturated heterocycles. The molecular weight excluding hydrogens is 985 g/mol. The van der Waals surface area contributed by atoms with E-state index in [0.717, 1.165) is 116 Å². The predicted molar refractivity (Wildman–Crippen MR) is 348 cm³/mol. The fraction of sp³-hybridized carbons (Fsp3) is 0.689. The van der Waals surface area contributed by atoms with Crippen LogP contribution in [0.25, 0.3) is 0 Å². The quantitative estimate of drug-likeness (QED) is 0.0261. The molecule has 0 bridgehead atoms. The van der Waals surface area contributed by atoms with Gasteiger partial charge < -0.3 is 14.2 Å². The van der Waals surface area contributed by atoms with Crippen LogP contribution in [0.3, 0.4) is 0 Å². The second kappa shape index (κ2) is 67.3. The zero-order valence-corrected chi connectivity index (χ0v) is 52.3. The molecule has 0 aromatic carbocycles. The maximum Gasteiger partial charge on any atom is 0.306 e. The molecule has 0 rings (SSSR count). The van der Waals surface area contributed by atoms with E-state index < -0.39 is 6.10 Å². The van der Waals surface area contributed by atoms with Crippen LogP contribution < -0.4 is 0 Å². The average Bonchev–Trinajstić information content (AvgIpc) is 3.46. The largest absolute Gasteiger partial charge is 0.462 e. The van der Waals surface area contributed by atoms with Crippen molar-refractivity contribution < 1.29 is 28.6 Å². The van der Waals surface area contributed by atoms with Gasteiger partial charge in [0.1, 0.15) is 13.2 Å². The van der Waals surface area contributed by atoms with E-state index in [2.05, 4.69) is 142 Å². The van der Waals surface area contributed by atoms with Crippen molar-refractivity contribution in [3.05, 3.63) is 122 Å². The number of rotatable bonds is 60. The molecule has 0 saturated carbocycles. The first-order valence-electron chi connectivity index (χ1n) is 33.5. The molecule has 0 spiro atoms. The van der Waals surface area contributed by atoms with E-state index in [-0.39, 0.29) is 31.1 Å². The van der Waals surface area contributed by atoms with Gasteiger partial charge >= 0.3 is 17.9 Å². The first kappa shape index (κ1) is 75.8. The van der Waals surface area contributed by atoms with Crippen LogP contribution in [-0.4, -0.2) is 37.2 Å². The Hall–Kier alpha value is -4.19. The summed E-state index contributed by atoms with van der Waals surface area (Å²) >= 11 is 0. The normalized spacial score (nSPS) is 12.9. The van der Waals surface area contributed by atoms with E-state index >= 15 is 0 Å². The van der Waals surface area contributed by atoms with Gasteiger partial charge in [0.25, 0.3) is 0 Å². The molecule has 6 nitrogen and oxygen atoms in total. The van der Waals surface area contributed by atoms with Gasteiger partial charge in [-0.3, -0.25) is 14.4 Å². The minimum absolute atomic E-state index is 0.0948. The van der Waals surface area contributed by atoms with Crippen LogP contribution in [-0.2, 0) is 28.6 Å². The van der Waals surface area contributed by atoms with Gasteiger partial charge in [0.2, 0.25) is 0 Å². The van der Waals surface area contributed by atoms with Crippen LogP contribution in [0.4, 0.5) is 0 Å². The molecule has 0 aromatic rings. The SMILES string of the molecule is CC/C=C\C/C=C\C/C=C\C/C=C\C/C=C\C/C=C\C/C=C\C/C=C\CCCCC(=O)OCC(COC(=O)CCCCCCCCCCCCCCCCCCC)OC(=O)CCCCCCCCC/C=C\C/C=C\CCCCCC.